The largest absolute Gasteiger partial charge is 0.379 e. The van der Waals surface area contributed by atoms with Gasteiger partial charge in [-0.25, -0.2) is 4.99 Å². The molecule has 0 aromatic heterocycles. The van der Waals surface area contributed by atoms with Crippen molar-refractivity contribution in [2.45, 2.75) is 19.4 Å². The molecule has 0 radical (unpaired) electrons. The Balaban J connectivity index is 0.00000288. The fraction of sp³-hybridized carbons (Fsp3) is 0.611. The Morgan fingerprint density at radius 1 is 1.17 bits per heavy atom. The van der Waals surface area contributed by atoms with Crippen LogP contribution in [0.25, 0.3) is 0 Å². The van der Waals surface area contributed by atoms with Crippen LogP contribution < -0.4 is 5.32 Å². The molecule has 1 aromatic carbocycles. The molecule has 1 aromatic rings. The van der Waals surface area contributed by atoms with E-state index in [4.69, 9.17) is 4.74 Å². The van der Waals surface area contributed by atoms with Gasteiger partial charge in [-0.2, -0.15) is 0 Å². The molecule has 1 aliphatic rings. The first-order valence-corrected chi connectivity index (χ1v) is 8.55. The predicted octanol–water partition coefficient (Wildman–Crippen LogP) is 2.42. The third-order valence-corrected chi connectivity index (χ3v) is 3.97. The van der Waals surface area contributed by atoms with Crippen molar-refractivity contribution >= 4 is 29.9 Å². The first kappa shape index (κ1) is 21.2. The van der Waals surface area contributed by atoms with E-state index in [1.165, 1.54) is 18.5 Å². The zero-order chi connectivity index (χ0) is 16.3. The first-order chi connectivity index (χ1) is 11.3. The molecule has 5 nitrogen and oxygen atoms in total. The van der Waals surface area contributed by atoms with Crippen LogP contribution in [-0.2, 0) is 11.3 Å². The highest BCUT2D eigenvalue weighted by Crippen LogP contribution is 2.01. The maximum Gasteiger partial charge on any atom is 0.193 e. The van der Waals surface area contributed by atoms with Gasteiger partial charge in [-0.1, -0.05) is 30.3 Å². The Labute approximate surface area is 163 Å². The van der Waals surface area contributed by atoms with E-state index in [9.17, 15) is 0 Å². The van der Waals surface area contributed by atoms with E-state index in [0.717, 1.165) is 51.8 Å². The maximum absolute atomic E-state index is 5.37. The van der Waals surface area contributed by atoms with Gasteiger partial charge in [0, 0.05) is 33.7 Å². The van der Waals surface area contributed by atoms with Crippen LogP contribution in [0.1, 0.15) is 18.4 Å². The fourth-order valence-corrected chi connectivity index (χ4v) is 2.59. The van der Waals surface area contributed by atoms with Crippen LogP contribution in [0.5, 0.6) is 0 Å². The number of rotatable bonds is 7. The lowest BCUT2D eigenvalue weighted by Gasteiger charge is -2.26. The monoisotopic (exact) mass is 446 g/mol. The zero-order valence-electron chi connectivity index (χ0n) is 14.9. The van der Waals surface area contributed by atoms with Gasteiger partial charge in [-0.05, 0) is 24.9 Å². The van der Waals surface area contributed by atoms with Crippen LogP contribution in [0.2, 0.25) is 0 Å². The van der Waals surface area contributed by atoms with Crippen molar-refractivity contribution in [1.29, 1.82) is 0 Å². The van der Waals surface area contributed by atoms with Gasteiger partial charge in [-0.3, -0.25) is 4.90 Å². The lowest BCUT2D eigenvalue weighted by atomic mass is 10.2. The Morgan fingerprint density at radius 2 is 1.88 bits per heavy atom. The molecule has 0 bridgehead atoms. The van der Waals surface area contributed by atoms with Crippen LogP contribution in [0.15, 0.2) is 35.3 Å². The van der Waals surface area contributed by atoms with Crippen LogP contribution in [-0.4, -0.2) is 69.2 Å². The number of benzene rings is 1. The average molecular weight is 446 g/mol. The second kappa shape index (κ2) is 12.5. The molecule has 6 heteroatoms. The van der Waals surface area contributed by atoms with E-state index in [0.29, 0.717) is 0 Å². The standard InChI is InChI=1S/C18H30N4O.HI/c1-21(2)18(20-16-17-8-4-3-5-9-17)19-10-6-7-11-22-12-14-23-15-13-22;/h3-5,8-9H,6-7,10-16H2,1-2H3,(H,19,20);1H. The summed E-state index contributed by atoms with van der Waals surface area (Å²) in [5.41, 5.74) is 1.24. The Morgan fingerprint density at radius 3 is 2.54 bits per heavy atom. The number of nitrogens with one attached hydrogen (secondary N) is 1. The second-order valence-electron chi connectivity index (χ2n) is 6.11. The number of halogens is 1. The predicted molar refractivity (Wildman–Crippen MR) is 111 cm³/mol. The van der Waals surface area contributed by atoms with E-state index in [-0.39, 0.29) is 24.0 Å². The summed E-state index contributed by atoms with van der Waals surface area (Å²) in [6, 6.07) is 10.4. The number of hydrogen-bond acceptors (Lipinski definition) is 3. The lowest BCUT2D eigenvalue weighted by molar-refractivity contribution is 0.0372. The molecule has 1 saturated heterocycles. The molecule has 1 aliphatic heterocycles. The van der Waals surface area contributed by atoms with E-state index >= 15 is 0 Å². The van der Waals surface area contributed by atoms with Crippen LogP contribution >= 0.6 is 24.0 Å². The number of aliphatic imine (C=N–C) groups is 1. The summed E-state index contributed by atoms with van der Waals surface area (Å²) >= 11 is 0. The molecule has 0 aliphatic carbocycles. The molecule has 1 fully saturated rings. The summed E-state index contributed by atoms with van der Waals surface area (Å²) in [5, 5.41) is 3.46. The van der Waals surface area contributed by atoms with Crippen molar-refractivity contribution in [3.8, 4) is 0 Å². The third-order valence-electron chi connectivity index (χ3n) is 3.97. The highest BCUT2D eigenvalue weighted by Gasteiger charge is 2.09. The Kier molecular flexibility index (Phi) is 11.0. The van der Waals surface area contributed by atoms with Gasteiger partial charge in [0.15, 0.2) is 5.96 Å². The molecule has 0 amide bonds. The number of ether oxygens (including phenoxy) is 1. The highest BCUT2D eigenvalue weighted by molar-refractivity contribution is 14.0. The number of hydrogen-bond donors (Lipinski definition) is 1. The normalized spacial score (nSPS) is 15.7. The first-order valence-electron chi connectivity index (χ1n) is 8.55. The topological polar surface area (TPSA) is 40.1 Å². The summed E-state index contributed by atoms with van der Waals surface area (Å²) in [6.07, 6.45) is 2.38. The number of guanidine groups is 1. The van der Waals surface area contributed by atoms with Crippen molar-refractivity contribution in [3.05, 3.63) is 35.9 Å². The van der Waals surface area contributed by atoms with Gasteiger partial charge < -0.3 is 15.0 Å². The molecular weight excluding hydrogens is 415 g/mol. The summed E-state index contributed by atoms with van der Waals surface area (Å²) in [6.45, 7) is 6.78. The van der Waals surface area contributed by atoms with Crippen LogP contribution in [0.4, 0.5) is 0 Å². The lowest BCUT2D eigenvalue weighted by Crippen LogP contribution is -2.38. The van der Waals surface area contributed by atoms with E-state index in [1.807, 2.05) is 25.1 Å². The van der Waals surface area contributed by atoms with Gasteiger partial charge in [0.25, 0.3) is 0 Å². The molecular formula is C18H31IN4O. The second-order valence-corrected chi connectivity index (χ2v) is 6.11. The van der Waals surface area contributed by atoms with E-state index in [1.54, 1.807) is 0 Å². The van der Waals surface area contributed by atoms with Crippen molar-refractivity contribution in [3.63, 3.8) is 0 Å². The zero-order valence-corrected chi connectivity index (χ0v) is 17.2. The van der Waals surface area contributed by atoms with Gasteiger partial charge >= 0.3 is 0 Å². The van der Waals surface area contributed by atoms with Gasteiger partial charge in [-0.15, -0.1) is 24.0 Å². The summed E-state index contributed by atoms with van der Waals surface area (Å²) in [5.74, 6) is 0.959. The number of morpholine rings is 1. The summed E-state index contributed by atoms with van der Waals surface area (Å²) in [4.78, 5) is 9.22. The van der Waals surface area contributed by atoms with Gasteiger partial charge in [0.2, 0.25) is 0 Å². The van der Waals surface area contributed by atoms with Crippen molar-refractivity contribution in [2.24, 2.45) is 4.99 Å². The Bertz CT molecular complexity index is 461. The van der Waals surface area contributed by atoms with Crippen LogP contribution in [0, 0.1) is 0 Å². The maximum atomic E-state index is 5.37. The van der Waals surface area contributed by atoms with Crippen molar-refractivity contribution in [2.75, 3.05) is 53.5 Å². The molecule has 136 valence electrons. The van der Waals surface area contributed by atoms with Gasteiger partial charge in [0.05, 0.1) is 19.8 Å². The molecule has 0 atom stereocenters. The molecule has 0 unspecified atom stereocenters. The highest BCUT2D eigenvalue weighted by atomic mass is 127. The van der Waals surface area contributed by atoms with Crippen molar-refractivity contribution < 1.29 is 4.74 Å². The third kappa shape index (κ3) is 8.30. The number of unbranched alkanes of at least 4 members (excludes halogenated alkanes) is 1. The fourth-order valence-electron chi connectivity index (χ4n) is 2.59. The SMILES string of the molecule is CN(C)C(=NCc1ccccc1)NCCCCN1CCOCC1.I. The van der Waals surface area contributed by atoms with Crippen molar-refractivity contribution in [1.82, 2.24) is 15.1 Å². The molecule has 24 heavy (non-hydrogen) atoms. The molecule has 0 spiro atoms. The van der Waals surface area contributed by atoms with Gasteiger partial charge in [0.1, 0.15) is 0 Å². The Hall–Kier alpha value is -0.860. The van der Waals surface area contributed by atoms with Crippen LogP contribution in [0.3, 0.4) is 0 Å². The molecule has 0 saturated carbocycles. The van der Waals surface area contributed by atoms with E-state index in [2.05, 4.69) is 39.5 Å². The minimum absolute atomic E-state index is 0. The van der Waals surface area contributed by atoms with E-state index < -0.39 is 0 Å². The number of nitrogens with zero attached hydrogens (tertiary/aromatic N) is 3. The minimum Gasteiger partial charge on any atom is -0.379 e. The summed E-state index contributed by atoms with van der Waals surface area (Å²) in [7, 11) is 4.06. The average Bonchev–Trinajstić information content (AvgIpc) is 2.59. The quantitative estimate of drug-likeness (QED) is 0.302. The molecule has 2 rings (SSSR count). The molecule has 1 heterocycles. The summed E-state index contributed by atoms with van der Waals surface area (Å²) < 4.78 is 5.37. The molecule has 1 N–H and O–H groups in total. The smallest absolute Gasteiger partial charge is 0.193 e. The minimum atomic E-state index is 0.